The molecular weight excluding hydrogens is 277 g/mol. The van der Waals surface area contributed by atoms with Crippen LogP contribution in [0.15, 0.2) is 22.3 Å². The second kappa shape index (κ2) is 5.59. The van der Waals surface area contributed by atoms with E-state index >= 15 is 0 Å². The molecule has 0 aromatic carbocycles. The van der Waals surface area contributed by atoms with Crippen LogP contribution in [0.5, 0.6) is 0 Å². The zero-order valence-electron chi connectivity index (χ0n) is 8.62. The van der Waals surface area contributed by atoms with Crippen molar-refractivity contribution in [2.75, 3.05) is 5.75 Å². The molecule has 0 radical (unpaired) electrons. The minimum absolute atomic E-state index is 0.0361. The van der Waals surface area contributed by atoms with Crippen molar-refractivity contribution in [3.05, 3.63) is 23.5 Å². The number of pyridine rings is 1. The van der Waals surface area contributed by atoms with Gasteiger partial charge < -0.3 is 5.21 Å². The van der Waals surface area contributed by atoms with Crippen molar-refractivity contribution in [1.82, 2.24) is 4.98 Å². The van der Waals surface area contributed by atoms with Gasteiger partial charge in [-0.05, 0) is 11.8 Å². The Kier molecular flexibility index (Phi) is 4.64. The van der Waals surface area contributed by atoms with Gasteiger partial charge in [0.1, 0.15) is 5.69 Å². The summed E-state index contributed by atoms with van der Waals surface area (Å²) >= 11 is 6.68. The molecule has 0 unspecified atom stereocenters. The molecule has 94 valence electrons. The number of thioether (sulfide) groups is 1. The van der Waals surface area contributed by atoms with E-state index in [1.54, 1.807) is 6.92 Å². The first-order chi connectivity index (χ1) is 7.90. The van der Waals surface area contributed by atoms with E-state index in [-0.39, 0.29) is 15.8 Å². The molecule has 1 N–H and O–H groups in total. The average molecular weight is 285 g/mol. The first kappa shape index (κ1) is 14.1. The van der Waals surface area contributed by atoms with E-state index < -0.39 is 11.7 Å². The third-order valence-corrected chi connectivity index (χ3v) is 2.93. The van der Waals surface area contributed by atoms with Crippen molar-refractivity contribution in [3.63, 3.8) is 0 Å². The lowest BCUT2D eigenvalue weighted by Gasteiger charge is -2.10. The van der Waals surface area contributed by atoms with Crippen LogP contribution >= 0.6 is 23.4 Å². The number of halogens is 4. The molecule has 0 saturated heterocycles. The van der Waals surface area contributed by atoms with Crippen molar-refractivity contribution in [2.24, 2.45) is 5.16 Å². The van der Waals surface area contributed by atoms with E-state index in [0.29, 0.717) is 11.9 Å². The van der Waals surface area contributed by atoms with Crippen LogP contribution in [0, 0.1) is 0 Å². The maximum Gasteiger partial charge on any atom is 0.417 e. The Morgan fingerprint density at radius 2 is 2.24 bits per heavy atom. The standard InChI is InChI=1S/C9H8ClF3N2OS/c1-2-17-6-3-5(9(11,12)13)4-14-7(6)8(10)15-16/h3-4,16H,2H2,1H3/b15-8-. The lowest BCUT2D eigenvalue weighted by molar-refractivity contribution is -0.138. The zero-order valence-corrected chi connectivity index (χ0v) is 10.2. The second-order valence-electron chi connectivity index (χ2n) is 2.89. The molecule has 0 bridgehead atoms. The topological polar surface area (TPSA) is 45.5 Å². The van der Waals surface area contributed by atoms with Crippen molar-refractivity contribution in [3.8, 4) is 0 Å². The summed E-state index contributed by atoms with van der Waals surface area (Å²) in [5.41, 5.74) is -0.825. The molecule has 1 rings (SSSR count). The fraction of sp³-hybridized carbons (Fsp3) is 0.333. The molecule has 0 aliphatic rings. The van der Waals surface area contributed by atoms with Gasteiger partial charge in [-0.15, -0.1) is 11.8 Å². The minimum Gasteiger partial charge on any atom is -0.410 e. The summed E-state index contributed by atoms with van der Waals surface area (Å²) in [5.74, 6) is 0.547. The average Bonchev–Trinajstić information content (AvgIpc) is 2.27. The normalized spacial score (nSPS) is 12.9. The van der Waals surface area contributed by atoms with Crippen molar-refractivity contribution in [1.29, 1.82) is 0 Å². The lowest BCUT2D eigenvalue weighted by Crippen LogP contribution is -2.08. The molecule has 0 aliphatic carbocycles. The number of nitrogens with zero attached hydrogens (tertiary/aromatic N) is 2. The van der Waals surface area contributed by atoms with E-state index in [2.05, 4.69) is 10.1 Å². The van der Waals surface area contributed by atoms with E-state index in [4.69, 9.17) is 16.8 Å². The summed E-state index contributed by atoms with van der Waals surface area (Å²) < 4.78 is 37.4. The van der Waals surface area contributed by atoms with Crippen LogP contribution in [-0.2, 0) is 6.18 Å². The van der Waals surface area contributed by atoms with Crippen molar-refractivity contribution >= 4 is 28.5 Å². The molecule has 0 amide bonds. The molecule has 8 heteroatoms. The highest BCUT2D eigenvalue weighted by Crippen LogP contribution is 2.33. The largest absolute Gasteiger partial charge is 0.417 e. The van der Waals surface area contributed by atoms with Crippen LogP contribution in [0.4, 0.5) is 13.2 Å². The molecular formula is C9H8ClF3N2OS. The molecule has 0 atom stereocenters. The molecule has 0 fully saturated rings. The number of alkyl halides is 3. The summed E-state index contributed by atoms with van der Waals surface area (Å²) in [6.07, 6.45) is -3.81. The van der Waals surface area contributed by atoms with Gasteiger partial charge in [0.15, 0.2) is 5.17 Å². The molecule has 3 nitrogen and oxygen atoms in total. The molecule has 17 heavy (non-hydrogen) atoms. The summed E-state index contributed by atoms with van der Waals surface area (Å²) in [6.45, 7) is 1.78. The molecule has 0 aliphatic heterocycles. The lowest BCUT2D eigenvalue weighted by atomic mass is 10.2. The highest BCUT2D eigenvalue weighted by Gasteiger charge is 2.32. The quantitative estimate of drug-likeness (QED) is 0.399. The molecule has 0 saturated carbocycles. The van der Waals surface area contributed by atoms with E-state index in [0.717, 1.165) is 17.8 Å². The zero-order chi connectivity index (χ0) is 13.1. The van der Waals surface area contributed by atoms with Crippen LogP contribution in [0.1, 0.15) is 18.2 Å². The first-order valence-corrected chi connectivity index (χ1v) is 5.84. The summed E-state index contributed by atoms with van der Waals surface area (Å²) in [7, 11) is 0. The third kappa shape index (κ3) is 3.50. The van der Waals surface area contributed by atoms with Crippen LogP contribution < -0.4 is 0 Å². The van der Waals surface area contributed by atoms with Crippen LogP contribution in [0.25, 0.3) is 0 Å². The number of rotatable bonds is 3. The fourth-order valence-electron chi connectivity index (χ4n) is 1.07. The number of oxime groups is 1. The maximum absolute atomic E-state index is 12.5. The Labute approximate surface area is 105 Å². The van der Waals surface area contributed by atoms with Crippen LogP contribution in [0.3, 0.4) is 0 Å². The summed E-state index contributed by atoms with van der Waals surface area (Å²) in [4.78, 5) is 3.80. The monoisotopic (exact) mass is 284 g/mol. The van der Waals surface area contributed by atoms with Gasteiger partial charge in [0.2, 0.25) is 0 Å². The van der Waals surface area contributed by atoms with E-state index in [1.807, 2.05) is 0 Å². The van der Waals surface area contributed by atoms with Gasteiger partial charge >= 0.3 is 6.18 Å². The second-order valence-corrected chi connectivity index (χ2v) is 4.56. The van der Waals surface area contributed by atoms with Crippen LogP contribution in [-0.4, -0.2) is 21.1 Å². The summed E-state index contributed by atoms with van der Waals surface area (Å²) in [5, 5.41) is 10.9. The number of hydrogen-bond acceptors (Lipinski definition) is 4. The van der Waals surface area contributed by atoms with Gasteiger partial charge in [-0.2, -0.15) is 13.2 Å². The molecule has 1 heterocycles. The first-order valence-electron chi connectivity index (χ1n) is 4.48. The minimum atomic E-state index is -4.46. The highest BCUT2D eigenvalue weighted by molar-refractivity contribution is 7.99. The third-order valence-electron chi connectivity index (χ3n) is 1.76. The molecule has 1 aromatic heterocycles. The van der Waals surface area contributed by atoms with Crippen molar-refractivity contribution in [2.45, 2.75) is 18.0 Å². The van der Waals surface area contributed by atoms with Gasteiger partial charge in [-0.1, -0.05) is 23.7 Å². The Bertz CT molecular complexity index is 437. The van der Waals surface area contributed by atoms with Gasteiger partial charge in [-0.25, -0.2) is 0 Å². The van der Waals surface area contributed by atoms with Gasteiger partial charge in [0.25, 0.3) is 0 Å². The smallest absolute Gasteiger partial charge is 0.410 e. The van der Waals surface area contributed by atoms with Gasteiger partial charge in [0, 0.05) is 11.1 Å². The molecule has 1 aromatic rings. The Balaban J connectivity index is 3.27. The van der Waals surface area contributed by atoms with Gasteiger partial charge in [0.05, 0.1) is 5.56 Å². The Morgan fingerprint density at radius 3 is 2.71 bits per heavy atom. The predicted molar refractivity (Wildman–Crippen MR) is 59.8 cm³/mol. The Hall–Kier alpha value is -0.950. The van der Waals surface area contributed by atoms with E-state index in [1.165, 1.54) is 0 Å². The Morgan fingerprint density at radius 1 is 1.59 bits per heavy atom. The van der Waals surface area contributed by atoms with Crippen LogP contribution in [0.2, 0.25) is 0 Å². The van der Waals surface area contributed by atoms with E-state index in [9.17, 15) is 13.2 Å². The highest BCUT2D eigenvalue weighted by atomic mass is 35.5. The number of aromatic nitrogens is 1. The van der Waals surface area contributed by atoms with Crippen molar-refractivity contribution < 1.29 is 18.4 Å². The molecule has 0 spiro atoms. The number of hydrogen-bond donors (Lipinski definition) is 1. The SMILES string of the molecule is CCSc1cc(C(F)(F)F)cnc1/C(Cl)=N/O. The van der Waals surface area contributed by atoms with Gasteiger partial charge in [-0.3, -0.25) is 4.98 Å². The fourth-order valence-corrected chi connectivity index (χ4v) is 2.08. The summed E-state index contributed by atoms with van der Waals surface area (Å²) in [6, 6.07) is 0.935. The maximum atomic E-state index is 12.5. The predicted octanol–water partition coefficient (Wildman–Crippen LogP) is 3.59.